The third-order valence-corrected chi connectivity index (χ3v) is 3.55. The van der Waals surface area contributed by atoms with Crippen LogP contribution in [0.1, 0.15) is 29.9 Å². The highest BCUT2D eigenvalue weighted by molar-refractivity contribution is 7.13. The van der Waals surface area contributed by atoms with Crippen molar-refractivity contribution in [2.45, 2.75) is 26.3 Å². The number of carboxylic acids is 1. The lowest BCUT2D eigenvalue weighted by atomic mass is 10.0. The van der Waals surface area contributed by atoms with Gasteiger partial charge in [0.2, 0.25) is 5.91 Å². The van der Waals surface area contributed by atoms with Crippen LogP contribution in [0.2, 0.25) is 0 Å². The fourth-order valence-corrected chi connectivity index (χ4v) is 2.65. The van der Waals surface area contributed by atoms with Gasteiger partial charge in [0.25, 0.3) is 0 Å². The number of amides is 1. The Hall–Kier alpha value is -1.56. The lowest BCUT2D eigenvalue weighted by Crippen LogP contribution is -2.39. The number of hydrogen-bond acceptors (Lipinski definition) is 4. The Kier molecular flexibility index (Phi) is 3.06. The summed E-state index contributed by atoms with van der Waals surface area (Å²) in [6.45, 7) is 4.08. The van der Waals surface area contributed by atoms with Crippen LogP contribution in [0, 0.1) is 5.92 Å². The minimum atomic E-state index is -1.01. The monoisotopic (exact) mass is 254 g/mol. The molecule has 0 bridgehead atoms. The van der Waals surface area contributed by atoms with Crippen molar-refractivity contribution >= 4 is 34.6 Å². The van der Waals surface area contributed by atoms with E-state index in [0.29, 0.717) is 17.3 Å². The summed E-state index contributed by atoms with van der Waals surface area (Å²) in [5.74, 6) is -0.773. The Morgan fingerprint density at radius 2 is 2.29 bits per heavy atom. The van der Waals surface area contributed by atoms with E-state index in [-0.39, 0.29) is 16.8 Å². The molecular formula is C11H14N2O3S. The highest BCUT2D eigenvalue weighted by atomic mass is 32.1. The lowest BCUT2D eigenvalue weighted by Gasteiger charge is -2.26. The smallest absolute Gasteiger partial charge is 0.348 e. The van der Waals surface area contributed by atoms with Crippen molar-refractivity contribution in [1.29, 1.82) is 0 Å². The molecule has 3 N–H and O–H groups in total. The van der Waals surface area contributed by atoms with Gasteiger partial charge in [0, 0.05) is 5.38 Å². The first-order chi connectivity index (χ1) is 7.99. The van der Waals surface area contributed by atoms with Crippen LogP contribution in [0.15, 0.2) is 5.38 Å². The Labute approximate surface area is 103 Å². The molecular weight excluding hydrogens is 240 g/mol. The van der Waals surface area contributed by atoms with Crippen molar-refractivity contribution in [3.05, 3.63) is 10.3 Å². The van der Waals surface area contributed by atoms with Crippen molar-refractivity contribution in [2.24, 2.45) is 5.92 Å². The number of nitrogens with one attached hydrogen (secondary N) is 2. The summed E-state index contributed by atoms with van der Waals surface area (Å²) in [6, 6.07) is -0.279. The number of carbonyl (C=O) groups is 2. The highest BCUT2D eigenvalue weighted by Crippen LogP contribution is 2.36. The predicted octanol–water partition coefficient (Wildman–Crippen LogP) is 2.22. The number of thiophene rings is 1. The molecule has 1 atom stereocenters. The van der Waals surface area contributed by atoms with E-state index in [1.165, 1.54) is 0 Å². The Balaban J connectivity index is 2.25. The van der Waals surface area contributed by atoms with E-state index >= 15 is 0 Å². The minimum Gasteiger partial charge on any atom is -0.477 e. The number of anilines is 2. The topological polar surface area (TPSA) is 78.4 Å². The third kappa shape index (κ3) is 2.26. The lowest BCUT2D eigenvalue weighted by molar-refractivity contribution is -0.117. The average Bonchev–Trinajstić information content (AvgIpc) is 2.60. The zero-order chi connectivity index (χ0) is 12.6. The average molecular weight is 254 g/mol. The van der Waals surface area contributed by atoms with Crippen molar-refractivity contribution in [2.75, 3.05) is 10.6 Å². The first-order valence-electron chi connectivity index (χ1n) is 5.41. The van der Waals surface area contributed by atoms with Crippen LogP contribution in [0.3, 0.4) is 0 Å². The van der Waals surface area contributed by atoms with Gasteiger partial charge in [-0.15, -0.1) is 11.3 Å². The SMILES string of the molecule is CC(C)C[C@H]1Nc2csc(C(=O)O)c2NC1=O. The van der Waals surface area contributed by atoms with Gasteiger partial charge in [-0.2, -0.15) is 0 Å². The molecule has 1 amide bonds. The summed E-state index contributed by atoms with van der Waals surface area (Å²) in [4.78, 5) is 22.9. The van der Waals surface area contributed by atoms with Crippen molar-refractivity contribution < 1.29 is 14.7 Å². The molecule has 0 saturated carbocycles. The van der Waals surface area contributed by atoms with Gasteiger partial charge in [0.1, 0.15) is 10.9 Å². The third-order valence-electron chi connectivity index (χ3n) is 2.59. The molecule has 0 aromatic carbocycles. The van der Waals surface area contributed by atoms with Gasteiger partial charge in [-0.05, 0) is 12.3 Å². The summed E-state index contributed by atoms with van der Waals surface area (Å²) in [5.41, 5.74) is 1.10. The summed E-state index contributed by atoms with van der Waals surface area (Å²) < 4.78 is 0. The number of carboxylic acid groups (broad SMARTS) is 1. The van der Waals surface area contributed by atoms with Crippen LogP contribution < -0.4 is 10.6 Å². The summed E-state index contributed by atoms with van der Waals surface area (Å²) >= 11 is 1.12. The van der Waals surface area contributed by atoms with Gasteiger partial charge in [-0.1, -0.05) is 13.8 Å². The molecule has 1 aliphatic rings. The van der Waals surface area contributed by atoms with Gasteiger partial charge in [0.05, 0.1) is 11.4 Å². The van der Waals surface area contributed by atoms with Gasteiger partial charge in [-0.25, -0.2) is 4.79 Å². The van der Waals surface area contributed by atoms with Gasteiger partial charge < -0.3 is 15.7 Å². The number of fused-ring (bicyclic) bond motifs is 1. The van der Waals surface area contributed by atoms with Crippen LogP contribution in [0.4, 0.5) is 11.4 Å². The van der Waals surface area contributed by atoms with Gasteiger partial charge in [-0.3, -0.25) is 4.79 Å². The maximum absolute atomic E-state index is 11.8. The second kappa shape index (κ2) is 4.37. The second-order valence-corrected chi connectivity index (χ2v) is 5.35. The molecule has 1 aromatic rings. The summed E-state index contributed by atoms with van der Waals surface area (Å²) in [5, 5.41) is 16.4. The number of hydrogen-bond donors (Lipinski definition) is 3. The van der Waals surface area contributed by atoms with Crippen LogP contribution >= 0.6 is 11.3 Å². The number of aromatic carboxylic acids is 1. The quantitative estimate of drug-likeness (QED) is 0.773. The minimum absolute atomic E-state index is 0.160. The van der Waals surface area contributed by atoms with Crippen LogP contribution in [-0.2, 0) is 4.79 Å². The standard InChI is InChI=1S/C11H14N2O3S/c1-5(2)3-6-10(14)13-8-7(12-6)4-17-9(8)11(15)16/h4-6,12H,3H2,1-2H3,(H,13,14)(H,15,16)/t6-/m1/s1. The molecule has 0 fully saturated rings. The molecule has 1 aliphatic heterocycles. The number of rotatable bonds is 3. The molecule has 17 heavy (non-hydrogen) atoms. The Morgan fingerprint density at radius 1 is 1.59 bits per heavy atom. The molecule has 0 radical (unpaired) electrons. The maximum atomic E-state index is 11.8. The Morgan fingerprint density at radius 3 is 2.88 bits per heavy atom. The van der Waals surface area contributed by atoms with Gasteiger partial charge in [0.15, 0.2) is 0 Å². The molecule has 0 unspecified atom stereocenters. The molecule has 1 aromatic heterocycles. The zero-order valence-electron chi connectivity index (χ0n) is 9.61. The van der Waals surface area contributed by atoms with Crippen molar-refractivity contribution in [3.8, 4) is 0 Å². The normalized spacial score (nSPS) is 18.5. The van der Waals surface area contributed by atoms with E-state index in [4.69, 9.17) is 5.11 Å². The first kappa shape index (κ1) is 11.9. The molecule has 0 saturated heterocycles. The summed E-state index contributed by atoms with van der Waals surface area (Å²) in [7, 11) is 0. The summed E-state index contributed by atoms with van der Waals surface area (Å²) in [6.07, 6.45) is 0.726. The fraction of sp³-hybridized carbons (Fsp3) is 0.455. The molecule has 5 nitrogen and oxygen atoms in total. The van der Waals surface area contributed by atoms with E-state index in [1.54, 1.807) is 5.38 Å². The van der Waals surface area contributed by atoms with E-state index in [1.807, 2.05) is 13.8 Å². The van der Waals surface area contributed by atoms with Crippen molar-refractivity contribution in [3.63, 3.8) is 0 Å². The predicted molar refractivity (Wildman–Crippen MR) is 66.8 cm³/mol. The van der Waals surface area contributed by atoms with Gasteiger partial charge >= 0.3 is 5.97 Å². The van der Waals surface area contributed by atoms with E-state index < -0.39 is 5.97 Å². The maximum Gasteiger partial charge on any atom is 0.348 e. The van der Waals surface area contributed by atoms with E-state index in [2.05, 4.69) is 10.6 Å². The molecule has 0 aliphatic carbocycles. The number of carbonyl (C=O) groups excluding carboxylic acids is 1. The molecule has 92 valence electrons. The molecule has 0 spiro atoms. The van der Waals surface area contributed by atoms with E-state index in [0.717, 1.165) is 17.8 Å². The molecule has 2 heterocycles. The first-order valence-corrected chi connectivity index (χ1v) is 6.29. The largest absolute Gasteiger partial charge is 0.477 e. The van der Waals surface area contributed by atoms with Crippen molar-refractivity contribution in [1.82, 2.24) is 0 Å². The van der Waals surface area contributed by atoms with Crippen LogP contribution in [0.25, 0.3) is 0 Å². The Bertz CT molecular complexity index is 467. The highest BCUT2D eigenvalue weighted by Gasteiger charge is 2.30. The van der Waals surface area contributed by atoms with Crippen LogP contribution in [-0.4, -0.2) is 23.0 Å². The molecule has 2 rings (SSSR count). The van der Waals surface area contributed by atoms with Crippen LogP contribution in [0.5, 0.6) is 0 Å². The molecule has 6 heteroatoms. The fourth-order valence-electron chi connectivity index (χ4n) is 1.85. The van der Waals surface area contributed by atoms with E-state index in [9.17, 15) is 9.59 Å². The zero-order valence-corrected chi connectivity index (χ0v) is 10.4. The second-order valence-electron chi connectivity index (χ2n) is 4.47.